The second kappa shape index (κ2) is 7.94. The van der Waals surface area contributed by atoms with Gasteiger partial charge in [0, 0.05) is 36.2 Å². The quantitative estimate of drug-likeness (QED) is 0.614. The fourth-order valence-corrected chi connectivity index (χ4v) is 3.94. The molecule has 4 nitrogen and oxygen atoms in total. The molecule has 132 valence electrons. The molecule has 1 saturated heterocycles. The fourth-order valence-electron chi connectivity index (χ4n) is 3.37. The van der Waals surface area contributed by atoms with Crippen LogP contribution in [0.3, 0.4) is 0 Å². The van der Waals surface area contributed by atoms with Crippen LogP contribution in [0, 0.1) is 5.92 Å². The van der Waals surface area contributed by atoms with Gasteiger partial charge in [-0.15, -0.1) is 0 Å². The van der Waals surface area contributed by atoms with Crippen molar-refractivity contribution in [3.63, 3.8) is 0 Å². The Balaban J connectivity index is 1.49. The minimum atomic E-state index is 0.0625. The van der Waals surface area contributed by atoms with E-state index in [-0.39, 0.29) is 6.04 Å². The normalized spacial score (nSPS) is 23.3. The van der Waals surface area contributed by atoms with Crippen LogP contribution in [0.5, 0.6) is 0 Å². The molecule has 2 N–H and O–H groups in total. The second-order valence-electron chi connectivity index (χ2n) is 6.87. The van der Waals surface area contributed by atoms with E-state index in [0.717, 1.165) is 24.1 Å². The number of aliphatic imine (C=N–C) groups is 1. The Labute approximate surface area is 154 Å². The van der Waals surface area contributed by atoms with Crippen molar-refractivity contribution >= 4 is 29.2 Å². The molecule has 0 aromatic heterocycles. The van der Waals surface area contributed by atoms with Crippen LogP contribution in [0.25, 0.3) is 0 Å². The molecule has 1 aliphatic carbocycles. The third-order valence-electron chi connectivity index (χ3n) is 4.94. The Hall–Kier alpha value is -0.970. The number of hydrogen-bond donors (Lipinski definition) is 2. The van der Waals surface area contributed by atoms with Crippen LogP contribution in [0.4, 0.5) is 0 Å². The molecule has 2 unspecified atom stereocenters. The van der Waals surface area contributed by atoms with E-state index in [9.17, 15) is 0 Å². The van der Waals surface area contributed by atoms with Crippen molar-refractivity contribution in [2.75, 3.05) is 26.7 Å². The molecule has 1 saturated carbocycles. The lowest BCUT2D eigenvalue weighted by atomic mass is 10.1. The van der Waals surface area contributed by atoms with Gasteiger partial charge in [-0.05, 0) is 56.3 Å². The highest BCUT2D eigenvalue weighted by Gasteiger charge is 2.34. The first-order chi connectivity index (χ1) is 11.6. The van der Waals surface area contributed by atoms with Gasteiger partial charge in [-0.3, -0.25) is 4.99 Å². The zero-order chi connectivity index (χ0) is 17.1. The summed E-state index contributed by atoms with van der Waals surface area (Å²) < 4.78 is 0. The standard InChI is InChI=1S/C18H26Cl2N4/c1-12(16-6-3-14(19)9-17(16)20)23-18(21-2)22-10-13-7-8-24(11-13)15-4-5-15/h3,6,9,12-13,15H,4-5,7-8,10-11H2,1-2H3,(H2,21,22,23). The molecule has 0 amide bonds. The molecular formula is C18H26Cl2N4. The van der Waals surface area contributed by atoms with Crippen molar-refractivity contribution in [1.82, 2.24) is 15.5 Å². The van der Waals surface area contributed by atoms with E-state index in [4.69, 9.17) is 23.2 Å². The number of nitrogens with zero attached hydrogens (tertiary/aromatic N) is 2. The Morgan fingerprint density at radius 3 is 2.79 bits per heavy atom. The summed E-state index contributed by atoms with van der Waals surface area (Å²) >= 11 is 12.3. The molecule has 24 heavy (non-hydrogen) atoms. The van der Waals surface area contributed by atoms with E-state index in [2.05, 4.69) is 27.4 Å². The van der Waals surface area contributed by atoms with Gasteiger partial charge in [0.05, 0.1) is 6.04 Å². The highest BCUT2D eigenvalue weighted by atomic mass is 35.5. The molecule has 2 aliphatic rings. The maximum atomic E-state index is 6.29. The molecule has 3 rings (SSSR count). The van der Waals surface area contributed by atoms with Crippen molar-refractivity contribution in [3.05, 3.63) is 33.8 Å². The van der Waals surface area contributed by atoms with Gasteiger partial charge in [0.2, 0.25) is 0 Å². The van der Waals surface area contributed by atoms with Gasteiger partial charge in [0.25, 0.3) is 0 Å². The first-order valence-corrected chi connectivity index (χ1v) is 9.48. The molecule has 1 aromatic rings. The van der Waals surface area contributed by atoms with Crippen LogP contribution in [-0.4, -0.2) is 43.6 Å². The Bertz CT molecular complexity index is 601. The zero-order valence-electron chi connectivity index (χ0n) is 14.4. The Kier molecular flexibility index (Phi) is 5.90. The van der Waals surface area contributed by atoms with E-state index in [1.54, 1.807) is 13.1 Å². The Morgan fingerprint density at radius 1 is 1.33 bits per heavy atom. The number of likely N-dealkylation sites (tertiary alicyclic amines) is 1. The topological polar surface area (TPSA) is 39.7 Å². The van der Waals surface area contributed by atoms with Crippen LogP contribution in [0.1, 0.15) is 37.8 Å². The Morgan fingerprint density at radius 2 is 2.12 bits per heavy atom. The van der Waals surface area contributed by atoms with Crippen LogP contribution in [0.2, 0.25) is 10.0 Å². The first-order valence-electron chi connectivity index (χ1n) is 8.73. The number of hydrogen-bond acceptors (Lipinski definition) is 2. The van der Waals surface area contributed by atoms with Crippen molar-refractivity contribution < 1.29 is 0 Å². The predicted octanol–water partition coefficient (Wildman–Crippen LogP) is 3.70. The maximum Gasteiger partial charge on any atom is 0.191 e. The van der Waals surface area contributed by atoms with Crippen molar-refractivity contribution in [3.8, 4) is 0 Å². The van der Waals surface area contributed by atoms with E-state index in [1.807, 2.05) is 12.1 Å². The number of guanidine groups is 1. The van der Waals surface area contributed by atoms with Crippen LogP contribution < -0.4 is 10.6 Å². The van der Waals surface area contributed by atoms with Crippen LogP contribution in [0.15, 0.2) is 23.2 Å². The van der Waals surface area contributed by atoms with E-state index in [0.29, 0.717) is 16.0 Å². The van der Waals surface area contributed by atoms with Gasteiger partial charge in [-0.25, -0.2) is 0 Å². The summed E-state index contributed by atoms with van der Waals surface area (Å²) in [5.41, 5.74) is 1.02. The van der Waals surface area contributed by atoms with E-state index >= 15 is 0 Å². The maximum absolute atomic E-state index is 6.29. The van der Waals surface area contributed by atoms with Gasteiger partial charge >= 0.3 is 0 Å². The largest absolute Gasteiger partial charge is 0.356 e. The molecule has 0 bridgehead atoms. The average Bonchev–Trinajstić information content (AvgIpc) is 3.30. The van der Waals surface area contributed by atoms with Gasteiger partial charge in [0.15, 0.2) is 5.96 Å². The zero-order valence-corrected chi connectivity index (χ0v) is 15.9. The first kappa shape index (κ1) is 17.8. The lowest BCUT2D eigenvalue weighted by Gasteiger charge is -2.21. The van der Waals surface area contributed by atoms with Crippen LogP contribution >= 0.6 is 23.2 Å². The molecule has 2 atom stereocenters. The van der Waals surface area contributed by atoms with E-state index < -0.39 is 0 Å². The second-order valence-corrected chi connectivity index (χ2v) is 7.71. The van der Waals surface area contributed by atoms with Gasteiger partial charge < -0.3 is 15.5 Å². The minimum Gasteiger partial charge on any atom is -0.356 e. The molecule has 1 aliphatic heterocycles. The summed E-state index contributed by atoms with van der Waals surface area (Å²) in [7, 11) is 1.80. The molecule has 2 fully saturated rings. The number of halogens is 2. The fraction of sp³-hybridized carbons (Fsp3) is 0.611. The van der Waals surface area contributed by atoms with Gasteiger partial charge in [-0.1, -0.05) is 29.3 Å². The molecule has 1 aromatic carbocycles. The van der Waals surface area contributed by atoms with Gasteiger partial charge in [-0.2, -0.15) is 0 Å². The lowest BCUT2D eigenvalue weighted by Crippen LogP contribution is -2.41. The summed E-state index contributed by atoms with van der Waals surface area (Å²) in [6.07, 6.45) is 4.06. The summed E-state index contributed by atoms with van der Waals surface area (Å²) in [6, 6.07) is 6.53. The lowest BCUT2D eigenvalue weighted by molar-refractivity contribution is 0.314. The summed E-state index contributed by atoms with van der Waals surface area (Å²) in [5.74, 6) is 1.52. The highest BCUT2D eigenvalue weighted by molar-refractivity contribution is 6.35. The number of rotatable bonds is 5. The summed E-state index contributed by atoms with van der Waals surface area (Å²) in [5, 5.41) is 8.20. The molecule has 6 heteroatoms. The minimum absolute atomic E-state index is 0.0625. The van der Waals surface area contributed by atoms with Crippen molar-refractivity contribution in [2.24, 2.45) is 10.9 Å². The number of benzene rings is 1. The van der Waals surface area contributed by atoms with E-state index in [1.165, 1.54) is 32.4 Å². The van der Waals surface area contributed by atoms with Crippen LogP contribution in [-0.2, 0) is 0 Å². The molecule has 1 heterocycles. The molecule has 0 spiro atoms. The summed E-state index contributed by atoms with van der Waals surface area (Å²) in [6.45, 7) is 5.50. The molecule has 0 radical (unpaired) electrons. The monoisotopic (exact) mass is 368 g/mol. The predicted molar refractivity (Wildman–Crippen MR) is 102 cm³/mol. The average molecular weight is 369 g/mol. The third kappa shape index (κ3) is 4.56. The molecular weight excluding hydrogens is 343 g/mol. The third-order valence-corrected chi connectivity index (χ3v) is 5.51. The summed E-state index contributed by atoms with van der Waals surface area (Å²) in [4.78, 5) is 6.98. The SMILES string of the molecule is CN=C(NCC1CCN(C2CC2)C1)NC(C)c1ccc(Cl)cc1Cl. The smallest absolute Gasteiger partial charge is 0.191 e. The van der Waals surface area contributed by atoms with Crippen molar-refractivity contribution in [1.29, 1.82) is 0 Å². The van der Waals surface area contributed by atoms with Crippen molar-refractivity contribution in [2.45, 2.75) is 38.3 Å². The van der Waals surface area contributed by atoms with Gasteiger partial charge in [0.1, 0.15) is 0 Å². The number of nitrogens with one attached hydrogen (secondary N) is 2. The highest BCUT2D eigenvalue weighted by Crippen LogP contribution is 2.31.